The molecule has 0 fully saturated rings. The Morgan fingerprint density at radius 1 is 1.25 bits per heavy atom. The summed E-state index contributed by atoms with van der Waals surface area (Å²) >= 11 is 1.69. The Morgan fingerprint density at radius 3 is 2.82 bits per heavy atom. The molecule has 1 amide bonds. The summed E-state index contributed by atoms with van der Waals surface area (Å²) in [7, 11) is 5.51. The highest BCUT2D eigenvalue weighted by molar-refractivity contribution is 7.22. The number of aromatic amines is 1. The Morgan fingerprint density at radius 2 is 2.07 bits per heavy atom. The molecule has 0 saturated heterocycles. The molecule has 0 bridgehead atoms. The molecule has 0 aliphatic rings. The highest BCUT2D eigenvalue weighted by Crippen LogP contribution is 2.42. The van der Waals surface area contributed by atoms with Gasteiger partial charge in [-0.1, -0.05) is 18.2 Å². The SMILES string of the molecule is COc1c(NC(=O)CCN(C)C)ccc2[nH]nc(-c3cc4ccccc4s3)c12. The maximum atomic E-state index is 12.3. The molecule has 2 aromatic carbocycles. The van der Waals surface area contributed by atoms with Crippen LogP contribution in [-0.4, -0.2) is 48.8 Å². The average molecular weight is 395 g/mol. The number of ether oxygens (including phenoxy) is 1. The van der Waals surface area contributed by atoms with Gasteiger partial charge >= 0.3 is 0 Å². The summed E-state index contributed by atoms with van der Waals surface area (Å²) < 4.78 is 6.91. The number of methoxy groups -OCH3 is 1. The van der Waals surface area contributed by atoms with Crippen LogP contribution in [0, 0.1) is 0 Å². The first-order chi connectivity index (χ1) is 13.6. The lowest BCUT2D eigenvalue weighted by atomic mass is 10.1. The smallest absolute Gasteiger partial charge is 0.225 e. The molecule has 0 radical (unpaired) electrons. The summed E-state index contributed by atoms with van der Waals surface area (Å²) in [6, 6.07) is 14.2. The van der Waals surface area contributed by atoms with Gasteiger partial charge in [-0.05, 0) is 43.7 Å². The van der Waals surface area contributed by atoms with E-state index in [1.807, 2.05) is 43.3 Å². The van der Waals surface area contributed by atoms with E-state index >= 15 is 0 Å². The Bertz CT molecular complexity index is 1110. The second kappa shape index (κ2) is 7.61. The monoisotopic (exact) mass is 394 g/mol. The molecule has 4 aromatic rings. The molecule has 2 heterocycles. The molecule has 4 rings (SSSR count). The van der Waals surface area contributed by atoms with Gasteiger partial charge in [0.2, 0.25) is 5.91 Å². The highest BCUT2D eigenvalue weighted by atomic mass is 32.1. The number of carbonyl (C=O) groups excluding carboxylic acids is 1. The van der Waals surface area contributed by atoms with E-state index in [9.17, 15) is 4.79 Å². The van der Waals surface area contributed by atoms with Crippen molar-refractivity contribution >= 4 is 43.9 Å². The summed E-state index contributed by atoms with van der Waals surface area (Å²) in [5.41, 5.74) is 2.36. The molecule has 0 atom stereocenters. The molecule has 144 valence electrons. The van der Waals surface area contributed by atoms with E-state index < -0.39 is 0 Å². The normalized spacial score (nSPS) is 11.4. The van der Waals surface area contributed by atoms with Crippen molar-refractivity contribution < 1.29 is 9.53 Å². The number of thiophene rings is 1. The van der Waals surface area contributed by atoms with E-state index in [1.165, 1.54) is 10.1 Å². The molecule has 0 aliphatic heterocycles. The van der Waals surface area contributed by atoms with E-state index in [4.69, 9.17) is 4.74 Å². The van der Waals surface area contributed by atoms with Crippen molar-refractivity contribution in [2.24, 2.45) is 0 Å². The molecule has 2 aromatic heterocycles. The van der Waals surface area contributed by atoms with Crippen LogP contribution in [0.4, 0.5) is 5.69 Å². The van der Waals surface area contributed by atoms with Gasteiger partial charge in [0, 0.05) is 17.7 Å². The molecule has 0 saturated carbocycles. The molecule has 0 unspecified atom stereocenters. The number of fused-ring (bicyclic) bond motifs is 2. The van der Waals surface area contributed by atoms with Gasteiger partial charge in [0.1, 0.15) is 5.69 Å². The van der Waals surface area contributed by atoms with Crippen molar-refractivity contribution in [1.82, 2.24) is 15.1 Å². The zero-order valence-electron chi connectivity index (χ0n) is 16.1. The number of benzene rings is 2. The van der Waals surface area contributed by atoms with Gasteiger partial charge in [-0.3, -0.25) is 9.89 Å². The van der Waals surface area contributed by atoms with Gasteiger partial charge in [-0.15, -0.1) is 11.3 Å². The summed E-state index contributed by atoms with van der Waals surface area (Å²) in [6.07, 6.45) is 0.419. The van der Waals surface area contributed by atoms with Gasteiger partial charge in [-0.25, -0.2) is 0 Å². The Labute approximate surface area is 167 Å². The number of carbonyl (C=O) groups is 1. The number of anilines is 1. The van der Waals surface area contributed by atoms with E-state index in [0.29, 0.717) is 24.4 Å². The largest absolute Gasteiger partial charge is 0.494 e. The van der Waals surface area contributed by atoms with Crippen LogP contribution in [0.3, 0.4) is 0 Å². The Hall–Kier alpha value is -2.90. The number of H-pyrrole nitrogens is 1. The van der Waals surface area contributed by atoms with Crippen molar-refractivity contribution in [3.05, 3.63) is 42.5 Å². The molecule has 28 heavy (non-hydrogen) atoms. The Kier molecular flexibility index (Phi) is 5.02. The number of nitrogens with zero attached hydrogens (tertiary/aromatic N) is 2. The van der Waals surface area contributed by atoms with Gasteiger partial charge in [0.25, 0.3) is 0 Å². The van der Waals surface area contributed by atoms with Crippen molar-refractivity contribution in [2.45, 2.75) is 6.42 Å². The second-order valence-corrected chi connectivity index (χ2v) is 7.97. The second-order valence-electron chi connectivity index (χ2n) is 6.89. The van der Waals surface area contributed by atoms with Crippen molar-refractivity contribution in [3.8, 4) is 16.3 Å². The van der Waals surface area contributed by atoms with Crippen LogP contribution in [-0.2, 0) is 4.79 Å². The summed E-state index contributed by atoms with van der Waals surface area (Å²) in [6.45, 7) is 0.690. The average Bonchev–Trinajstić information content (AvgIpc) is 3.30. The topological polar surface area (TPSA) is 70.2 Å². The molecule has 6 nitrogen and oxygen atoms in total. The van der Waals surface area contributed by atoms with Crippen LogP contribution < -0.4 is 10.1 Å². The molecule has 2 N–H and O–H groups in total. The molecular formula is C21H22N4O2S. The van der Waals surface area contributed by atoms with E-state index in [-0.39, 0.29) is 5.91 Å². The van der Waals surface area contributed by atoms with Crippen LogP contribution >= 0.6 is 11.3 Å². The van der Waals surface area contributed by atoms with Crippen molar-refractivity contribution in [1.29, 1.82) is 0 Å². The fourth-order valence-corrected chi connectivity index (χ4v) is 4.27. The van der Waals surface area contributed by atoms with Crippen LogP contribution in [0.1, 0.15) is 6.42 Å². The number of amides is 1. The fourth-order valence-electron chi connectivity index (χ4n) is 3.21. The quantitative estimate of drug-likeness (QED) is 0.510. The minimum absolute atomic E-state index is 0.0433. The van der Waals surface area contributed by atoms with E-state index in [0.717, 1.165) is 21.5 Å². The first-order valence-corrected chi connectivity index (χ1v) is 9.87. The van der Waals surface area contributed by atoms with Crippen molar-refractivity contribution in [3.63, 3.8) is 0 Å². The molecule has 7 heteroatoms. The fraction of sp³-hybridized carbons (Fsp3) is 0.238. The number of aromatic nitrogens is 2. The summed E-state index contributed by atoms with van der Waals surface area (Å²) in [5, 5.41) is 12.7. The summed E-state index contributed by atoms with van der Waals surface area (Å²) in [5.74, 6) is 0.579. The zero-order valence-corrected chi connectivity index (χ0v) is 16.9. The maximum absolute atomic E-state index is 12.3. The van der Waals surface area contributed by atoms with Gasteiger partial charge in [0.05, 0.1) is 28.6 Å². The Balaban J connectivity index is 1.76. The number of hydrogen-bond acceptors (Lipinski definition) is 5. The van der Waals surface area contributed by atoms with Gasteiger partial charge in [0.15, 0.2) is 5.75 Å². The molecular weight excluding hydrogens is 372 g/mol. The van der Waals surface area contributed by atoms with Crippen molar-refractivity contribution in [2.75, 3.05) is 33.1 Å². The number of nitrogens with one attached hydrogen (secondary N) is 2. The first-order valence-electron chi connectivity index (χ1n) is 9.05. The standard InChI is InChI=1S/C21H22N4O2S/c1-25(2)11-10-18(26)22-15-9-8-14-19(21(15)27-3)20(24-23-14)17-12-13-6-4-5-7-16(13)28-17/h4-9,12H,10-11H2,1-3H3,(H,22,26)(H,23,24). The minimum Gasteiger partial charge on any atom is -0.494 e. The first kappa shape index (κ1) is 18.5. The van der Waals surface area contributed by atoms with Crippen LogP contribution in [0.2, 0.25) is 0 Å². The number of rotatable bonds is 6. The lowest BCUT2D eigenvalue weighted by Crippen LogP contribution is -2.21. The van der Waals surface area contributed by atoms with E-state index in [2.05, 4.69) is 33.7 Å². The van der Waals surface area contributed by atoms with Crippen LogP contribution in [0.25, 0.3) is 31.6 Å². The molecule has 0 aliphatic carbocycles. The third kappa shape index (κ3) is 3.46. The summed E-state index contributed by atoms with van der Waals surface area (Å²) in [4.78, 5) is 15.4. The number of hydrogen-bond donors (Lipinski definition) is 2. The lowest BCUT2D eigenvalue weighted by molar-refractivity contribution is -0.116. The predicted octanol–water partition coefficient (Wildman–Crippen LogP) is 4.34. The maximum Gasteiger partial charge on any atom is 0.225 e. The molecule has 0 spiro atoms. The highest BCUT2D eigenvalue weighted by Gasteiger charge is 2.19. The third-order valence-corrected chi connectivity index (χ3v) is 5.73. The van der Waals surface area contributed by atoms with Gasteiger partial charge < -0.3 is 15.0 Å². The predicted molar refractivity (Wildman–Crippen MR) is 115 cm³/mol. The van der Waals surface area contributed by atoms with Gasteiger partial charge in [-0.2, -0.15) is 5.10 Å². The van der Waals surface area contributed by atoms with Crippen LogP contribution in [0.15, 0.2) is 42.5 Å². The zero-order chi connectivity index (χ0) is 19.7. The van der Waals surface area contributed by atoms with E-state index in [1.54, 1.807) is 18.4 Å². The third-order valence-electron chi connectivity index (χ3n) is 4.61. The van der Waals surface area contributed by atoms with Crippen LogP contribution in [0.5, 0.6) is 5.75 Å². The lowest BCUT2D eigenvalue weighted by Gasteiger charge is -2.13. The minimum atomic E-state index is -0.0433.